The summed E-state index contributed by atoms with van der Waals surface area (Å²) >= 11 is 1.50. The monoisotopic (exact) mass is 333 g/mol. The molecule has 126 valence electrons. The van der Waals surface area contributed by atoms with Gasteiger partial charge in [0.25, 0.3) is 0 Å². The second-order valence-corrected chi connectivity index (χ2v) is 6.81. The van der Waals surface area contributed by atoms with Crippen LogP contribution in [-0.4, -0.2) is 30.9 Å². The number of amides is 1. The van der Waals surface area contributed by atoms with E-state index in [-0.39, 0.29) is 5.91 Å². The molecule has 1 rings (SSSR count). The van der Waals surface area contributed by atoms with Crippen LogP contribution >= 0.6 is 11.8 Å². The van der Waals surface area contributed by atoms with Gasteiger partial charge in [-0.05, 0) is 32.8 Å². The van der Waals surface area contributed by atoms with Crippen LogP contribution < -0.4 is 5.32 Å². The van der Waals surface area contributed by atoms with Crippen molar-refractivity contribution in [2.75, 3.05) is 20.1 Å². The number of hydrogen-bond donors (Lipinski definition) is 1. The van der Waals surface area contributed by atoms with E-state index in [2.05, 4.69) is 18.3 Å². The first-order chi connectivity index (χ1) is 11.0. The molecule has 23 heavy (non-hydrogen) atoms. The summed E-state index contributed by atoms with van der Waals surface area (Å²) in [4.78, 5) is 16.1. The Balaban J connectivity index is 2.93. The minimum Gasteiger partial charge on any atom is -0.391 e. The van der Waals surface area contributed by atoms with E-state index >= 15 is 0 Å². The lowest BCUT2D eigenvalue weighted by atomic mass is 10.1. The van der Waals surface area contributed by atoms with Gasteiger partial charge in [0.05, 0.1) is 11.4 Å². The SMILES string of the molecule is C/C=C(\C)CC(=O)N1CCC(NC)=C(S/C(C#N)=C(\C)CC)C1. The van der Waals surface area contributed by atoms with Gasteiger partial charge >= 0.3 is 0 Å². The average molecular weight is 334 g/mol. The van der Waals surface area contributed by atoms with Crippen LogP contribution in [0.5, 0.6) is 0 Å². The molecule has 0 atom stereocenters. The standard InChI is InChI=1S/C18H27N3OS/c1-6-13(3)10-18(22)21-9-8-15(20-5)17(12-21)23-16(11-19)14(4)7-2/h6,20H,7-10,12H2,1-5H3/b13-6+,16-14+. The highest BCUT2D eigenvalue weighted by molar-refractivity contribution is 8.07. The maximum absolute atomic E-state index is 12.4. The Labute approximate surface area is 144 Å². The van der Waals surface area contributed by atoms with Crippen molar-refractivity contribution in [3.63, 3.8) is 0 Å². The number of thioether (sulfide) groups is 1. The fourth-order valence-electron chi connectivity index (χ4n) is 2.25. The molecule has 1 heterocycles. The van der Waals surface area contributed by atoms with Gasteiger partial charge in [-0.3, -0.25) is 4.79 Å². The van der Waals surface area contributed by atoms with Crippen molar-refractivity contribution in [2.24, 2.45) is 0 Å². The molecular weight excluding hydrogens is 306 g/mol. The number of rotatable bonds is 6. The molecule has 0 aliphatic carbocycles. The first kappa shape index (κ1) is 19.4. The second kappa shape index (κ2) is 9.46. The van der Waals surface area contributed by atoms with Crippen molar-refractivity contribution in [1.82, 2.24) is 10.2 Å². The predicted octanol–water partition coefficient (Wildman–Crippen LogP) is 3.95. The fraction of sp³-hybridized carbons (Fsp3) is 0.556. The normalized spacial score (nSPS) is 16.9. The molecule has 1 aliphatic rings. The first-order valence-corrected chi connectivity index (χ1v) is 8.85. The molecule has 5 heteroatoms. The lowest BCUT2D eigenvalue weighted by molar-refractivity contribution is -0.130. The van der Waals surface area contributed by atoms with E-state index in [1.807, 2.05) is 38.8 Å². The minimum absolute atomic E-state index is 0.156. The van der Waals surface area contributed by atoms with Gasteiger partial charge in [-0.25, -0.2) is 0 Å². The van der Waals surface area contributed by atoms with Crippen molar-refractivity contribution in [2.45, 2.75) is 47.0 Å². The van der Waals surface area contributed by atoms with Gasteiger partial charge in [0, 0.05) is 37.0 Å². The molecule has 0 bridgehead atoms. The number of carbonyl (C=O) groups excluding carboxylic acids is 1. The minimum atomic E-state index is 0.156. The summed E-state index contributed by atoms with van der Waals surface area (Å²) in [7, 11) is 1.90. The topological polar surface area (TPSA) is 56.1 Å². The predicted molar refractivity (Wildman–Crippen MR) is 97.5 cm³/mol. The third-order valence-corrected chi connectivity index (χ3v) is 5.39. The molecule has 0 radical (unpaired) electrons. The van der Waals surface area contributed by atoms with Crippen LogP contribution in [0.2, 0.25) is 0 Å². The van der Waals surface area contributed by atoms with Crippen molar-refractivity contribution in [3.8, 4) is 6.07 Å². The number of carbonyl (C=O) groups is 1. The zero-order chi connectivity index (χ0) is 17.4. The van der Waals surface area contributed by atoms with Gasteiger partial charge < -0.3 is 10.2 Å². The summed E-state index contributed by atoms with van der Waals surface area (Å²) in [6.45, 7) is 9.29. The zero-order valence-corrected chi connectivity index (χ0v) is 15.6. The Bertz CT molecular complexity index is 582. The number of nitrogens with one attached hydrogen (secondary N) is 1. The summed E-state index contributed by atoms with van der Waals surface area (Å²) in [6, 6.07) is 2.30. The Morgan fingerprint density at radius 3 is 2.70 bits per heavy atom. The molecule has 0 fully saturated rings. The van der Waals surface area contributed by atoms with E-state index in [4.69, 9.17) is 0 Å². The smallest absolute Gasteiger partial charge is 0.226 e. The summed E-state index contributed by atoms with van der Waals surface area (Å²) in [6.07, 6.45) is 4.12. The summed E-state index contributed by atoms with van der Waals surface area (Å²) < 4.78 is 0. The molecule has 1 aliphatic heterocycles. The number of nitriles is 1. The zero-order valence-electron chi connectivity index (χ0n) is 14.8. The maximum atomic E-state index is 12.4. The van der Waals surface area contributed by atoms with Crippen LogP contribution in [0.1, 0.15) is 47.0 Å². The average Bonchev–Trinajstić information content (AvgIpc) is 2.58. The number of allylic oxidation sites excluding steroid dienone is 3. The highest BCUT2D eigenvalue weighted by Gasteiger charge is 2.24. The van der Waals surface area contributed by atoms with E-state index in [9.17, 15) is 10.1 Å². The highest BCUT2D eigenvalue weighted by atomic mass is 32.2. The molecular formula is C18H27N3OS. The van der Waals surface area contributed by atoms with Gasteiger partial charge in [-0.15, -0.1) is 0 Å². The quantitative estimate of drug-likeness (QED) is 0.591. The van der Waals surface area contributed by atoms with E-state index in [0.717, 1.165) is 46.0 Å². The Hall–Kier alpha value is -1.67. The molecule has 0 saturated carbocycles. The van der Waals surface area contributed by atoms with Gasteiger partial charge in [-0.2, -0.15) is 5.26 Å². The van der Waals surface area contributed by atoms with Crippen LogP contribution in [-0.2, 0) is 4.79 Å². The van der Waals surface area contributed by atoms with Crippen molar-refractivity contribution in [1.29, 1.82) is 5.26 Å². The third kappa shape index (κ3) is 5.47. The van der Waals surface area contributed by atoms with Crippen LogP contribution in [0.15, 0.2) is 32.7 Å². The van der Waals surface area contributed by atoms with Crippen LogP contribution in [0.3, 0.4) is 0 Å². The van der Waals surface area contributed by atoms with Crippen LogP contribution in [0.4, 0.5) is 0 Å². The summed E-state index contributed by atoms with van der Waals surface area (Å²) in [5, 5.41) is 12.6. The molecule has 0 aromatic carbocycles. The number of nitrogens with zero attached hydrogens (tertiary/aromatic N) is 2. The first-order valence-electron chi connectivity index (χ1n) is 8.03. The van der Waals surface area contributed by atoms with Gasteiger partial charge in [0.2, 0.25) is 5.91 Å². The Morgan fingerprint density at radius 1 is 1.48 bits per heavy atom. The molecule has 1 amide bonds. The van der Waals surface area contributed by atoms with Crippen molar-refractivity contribution in [3.05, 3.63) is 32.7 Å². The summed E-state index contributed by atoms with van der Waals surface area (Å²) in [5.74, 6) is 0.156. The largest absolute Gasteiger partial charge is 0.391 e. The van der Waals surface area contributed by atoms with Crippen molar-refractivity contribution < 1.29 is 4.79 Å². The molecule has 1 N–H and O–H groups in total. The van der Waals surface area contributed by atoms with Gasteiger partial charge in [0.15, 0.2) is 0 Å². The van der Waals surface area contributed by atoms with Gasteiger partial charge in [0.1, 0.15) is 6.07 Å². The third-order valence-electron chi connectivity index (χ3n) is 4.12. The van der Waals surface area contributed by atoms with Crippen molar-refractivity contribution >= 4 is 17.7 Å². The molecule has 0 saturated heterocycles. The highest BCUT2D eigenvalue weighted by Crippen LogP contribution is 2.33. The fourth-order valence-corrected chi connectivity index (χ4v) is 3.41. The van der Waals surface area contributed by atoms with Crippen LogP contribution in [0.25, 0.3) is 0 Å². The van der Waals surface area contributed by atoms with Gasteiger partial charge in [-0.1, -0.05) is 30.3 Å². The second-order valence-electron chi connectivity index (χ2n) is 5.71. The Morgan fingerprint density at radius 2 is 2.17 bits per heavy atom. The van der Waals surface area contributed by atoms with E-state index in [1.165, 1.54) is 11.8 Å². The molecule has 0 unspecified atom stereocenters. The summed E-state index contributed by atoms with van der Waals surface area (Å²) in [5.41, 5.74) is 3.32. The van der Waals surface area contributed by atoms with E-state index < -0.39 is 0 Å². The molecule has 0 spiro atoms. The number of hydrogen-bond acceptors (Lipinski definition) is 4. The maximum Gasteiger partial charge on any atom is 0.226 e. The molecule has 0 aromatic rings. The lowest BCUT2D eigenvalue weighted by Gasteiger charge is -2.31. The molecule has 4 nitrogen and oxygen atoms in total. The van der Waals surface area contributed by atoms with E-state index in [1.54, 1.807) is 0 Å². The van der Waals surface area contributed by atoms with Crippen LogP contribution in [0, 0.1) is 11.3 Å². The Kier molecular flexibility index (Phi) is 7.97. The van der Waals surface area contributed by atoms with E-state index in [0.29, 0.717) is 13.0 Å². The molecule has 0 aromatic heterocycles. The lowest BCUT2D eigenvalue weighted by Crippen LogP contribution is -2.38.